The molecule has 2 N–H and O–H groups in total. The van der Waals surface area contributed by atoms with Gasteiger partial charge in [0.05, 0.1) is 17.1 Å². The lowest BCUT2D eigenvalue weighted by atomic mass is 10.1. The third-order valence-electron chi connectivity index (χ3n) is 2.57. The summed E-state index contributed by atoms with van der Waals surface area (Å²) in [5.74, 6) is 0.650. The summed E-state index contributed by atoms with van der Waals surface area (Å²) in [5.41, 5.74) is 5.76. The van der Waals surface area contributed by atoms with Crippen LogP contribution < -0.4 is 10.6 Å². The van der Waals surface area contributed by atoms with Gasteiger partial charge in [-0.25, -0.2) is 0 Å². The molecule has 1 aromatic rings. The number of nitrogens with zero attached hydrogens (tertiary/aromatic N) is 2. The van der Waals surface area contributed by atoms with Crippen LogP contribution in [0.2, 0.25) is 0 Å². The Hall–Kier alpha value is -0.460. The van der Waals surface area contributed by atoms with E-state index in [1.165, 1.54) is 16.5 Å². The number of rotatable bonds is 2. The van der Waals surface area contributed by atoms with E-state index in [4.69, 9.17) is 10.5 Å². The van der Waals surface area contributed by atoms with Crippen molar-refractivity contribution in [2.75, 3.05) is 36.6 Å². The largest absolute Gasteiger partial charge is 0.382 e. The fourth-order valence-corrected chi connectivity index (χ4v) is 3.58. The zero-order valence-electron chi connectivity index (χ0n) is 9.82. The maximum absolute atomic E-state index is 5.85. The van der Waals surface area contributed by atoms with Gasteiger partial charge in [-0.1, -0.05) is 0 Å². The normalized spacial score (nSPS) is 20.1. The number of morpholine rings is 1. The van der Waals surface area contributed by atoms with Crippen LogP contribution in [0.4, 0.5) is 10.8 Å². The molecule has 4 nitrogen and oxygen atoms in total. The number of thioether (sulfide) groups is 1. The molecule has 0 amide bonds. The first-order valence-corrected chi connectivity index (χ1v) is 7.21. The minimum Gasteiger partial charge on any atom is -0.382 e. The molecule has 1 fully saturated rings. The predicted octanol–water partition coefficient (Wildman–Crippen LogP) is 2.06. The summed E-state index contributed by atoms with van der Waals surface area (Å²) in [6.45, 7) is 6.80. The Bertz CT molecular complexity index is 378. The molecule has 0 aliphatic carbocycles. The molecular formula is C10H17N3OS2. The van der Waals surface area contributed by atoms with E-state index in [2.05, 4.69) is 23.1 Å². The molecule has 0 spiro atoms. The molecule has 1 saturated heterocycles. The quantitative estimate of drug-likeness (QED) is 0.824. The van der Waals surface area contributed by atoms with Gasteiger partial charge >= 0.3 is 0 Å². The summed E-state index contributed by atoms with van der Waals surface area (Å²) in [6.07, 6.45) is 2.04. The third kappa shape index (κ3) is 2.28. The molecule has 0 bridgehead atoms. The van der Waals surface area contributed by atoms with Crippen molar-refractivity contribution in [2.24, 2.45) is 0 Å². The van der Waals surface area contributed by atoms with E-state index in [-0.39, 0.29) is 5.60 Å². The van der Waals surface area contributed by atoms with Crippen molar-refractivity contribution >= 4 is 34.1 Å². The van der Waals surface area contributed by atoms with Crippen LogP contribution in [0.3, 0.4) is 0 Å². The standard InChI is InChI=1S/C10H17N3OS2/c1-10(2)6-13(4-5-14-10)9-7(15-3)8(11)12-16-9/h4-6H2,1-3H3,(H2,11,12). The molecule has 1 aromatic heterocycles. The van der Waals surface area contributed by atoms with Crippen molar-refractivity contribution in [3.05, 3.63) is 0 Å². The van der Waals surface area contributed by atoms with Crippen LogP contribution in [0.5, 0.6) is 0 Å². The van der Waals surface area contributed by atoms with Crippen LogP contribution in [0, 0.1) is 0 Å². The molecule has 2 rings (SSSR count). The second-order valence-corrected chi connectivity index (χ2v) is 6.00. The van der Waals surface area contributed by atoms with Crippen LogP contribution in [0.25, 0.3) is 0 Å². The van der Waals surface area contributed by atoms with Crippen LogP contribution in [0.15, 0.2) is 4.90 Å². The van der Waals surface area contributed by atoms with Gasteiger partial charge in [0.15, 0.2) is 5.82 Å². The Morgan fingerprint density at radius 3 is 2.94 bits per heavy atom. The average molecular weight is 259 g/mol. The summed E-state index contributed by atoms with van der Waals surface area (Å²) in [6, 6.07) is 0. The van der Waals surface area contributed by atoms with Gasteiger partial charge in [0, 0.05) is 13.1 Å². The molecule has 1 aliphatic heterocycles. The molecule has 0 unspecified atom stereocenters. The second-order valence-electron chi connectivity index (χ2n) is 4.44. The van der Waals surface area contributed by atoms with Crippen LogP contribution >= 0.6 is 23.3 Å². The van der Waals surface area contributed by atoms with Gasteiger partial charge in [-0.2, -0.15) is 4.37 Å². The molecule has 0 saturated carbocycles. The predicted molar refractivity (Wildman–Crippen MR) is 70.6 cm³/mol. The smallest absolute Gasteiger partial charge is 0.153 e. The highest BCUT2D eigenvalue weighted by Gasteiger charge is 2.29. The summed E-state index contributed by atoms with van der Waals surface area (Å²) in [5, 5.41) is 1.18. The maximum atomic E-state index is 5.85. The summed E-state index contributed by atoms with van der Waals surface area (Å²) >= 11 is 3.15. The molecular weight excluding hydrogens is 242 g/mol. The van der Waals surface area contributed by atoms with Gasteiger partial charge in [0.1, 0.15) is 5.00 Å². The zero-order chi connectivity index (χ0) is 11.8. The summed E-state index contributed by atoms with van der Waals surface area (Å²) in [7, 11) is 0. The lowest BCUT2D eigenvalue weighted by Crippen LogP contribution is -2.48. The molecule has 0 aromatic carbocycles. The van der Waals surface area contributed by atoms with Crippen molar-refractivity contribution in [2.45, 2.75) is 24.3 Å². The first kappa shape index (κ1) is 12.0. The maximum Gasteiger partial charge on any atom is 0.153 e. The number of hydrogen-bond donors (Lipinski definition) is 1. The lowest BCUT2D eigenvalue weighted by Gasteiger charge is -2.38. The SMILES string of the molecule is CSc1c(N)nsc1N1CCOC(C)(C)C1. The Labute approximate surface area is 104 Å². The highest BCUT2D eigenvalue weighted by molar-refractivity contribution is 7.99. The van der Waals surface area contributed by atoms with Gasteiger partial charge in [0.25, 0.3) is 0 Å². The van der Waals surface area contributed by atoms with E-state index < -0.39 is 0 Å². The lowest BCUT2D eigenvalue weighted by molar-refractivity contribution is -0.0276. The number of anilines is 2. The van der Waals surface area contributed by atoms with Crippen molar-refractivity contribution in [1.29, 1.82) is 0 Å². The molecule has 90 valence electrons. The first-order valence-electron chi connectivity index (χ1n) is 5.21. The monoisotopic (exact) mass is 259 g/mol. The van der Waals surface area contributed by atoms with Gasteiger partial charge in [0.2, 0.25) is 0 Å². The minimum absolute atomic E-state index is 0.0906. The topological polar surface area (TPSA) is 51.4 Å². The Kier molecular flexibility index (Phi) is 3.32. The molecule has 0 atom stereocenters. The van der Waals surface area contributed by atoms with Gasteiger partial charge in [-0.3, -0.25) is 0 Å². The minimum atomic E-state index is -0.0906. The first-order chi connectivity index (χ1) is 7.53. The number of nitrogens with two attached hydrogens (primary N) is 1. The molecule has 0 radical (unpaired) electrons. The fraction of sp³-hybridized carbons (Fsp3) is 0.700. The number of ether oxygens (including phenoxy) is 1. The zero-order valence-corrected chi connectivity index (χ0v) is 11.5. The summed E-state index contributed by atoms with van der Waals surface area (Å²) in [4.78, 5) is 3.42. The van der Waals surface area contributed by atoms with E-state index in [9.17, 15) is 0 Å². The van der Waals surface area contributed by atoms with Crippen molar-refractivity contribution in [1.82, 2.24) is 4.37 Å². The van der Waals surface area contributed by atoms with Crippen LogP contribution in [-0.4, -0.2) is 35.9 Å². The van der Waals surface area contributed by atoms with Crippen molar-refractivity contribution < 1.29 is 4.74 Å². The van der Waals surface area contributed by atoms with E-state index >= 15 is 0 Å². The third-order valence-corrected chi connectivity index (χ3v) is 4.44. The Morgan fingerprint density at radius 2 is 2.31 bits per heavy atom. The van der Waals surface area contributed by atoms with Gasteiger partial charge in [-0.15, -0.1) is 11.8 Å². The average Bonchev–Trinajstić information content (AvgIpc) is 2.58. The number of nitrogen functional groups attached to an aromatic ring is 1. The number of aromatic nitrogens is 1. The Balaban J connectivity index is 2.23. The van der Waals surface area contributed by atoms with E-state index in [1.54, 1.807) is 11.8 Å². The summed E-state index contributed by atoms with van der Waals surface area (Å²) < 4.78 is 9.93. The van der Waals surface area contributed by atoms with Crippen LogP contribution in [0.1, 0.15) is 13.8 Å². The molecule has 2 heterocycles. The van der Waals surface area contributed by atoms with Crippen molar-refractivity contribution in [3.63, 3.8) is 0 Å². The van der Waals surface area contributed by atoms with Crippen LogP contribution in [-0.2, 0) is 4.74 Å². The highest BCUT2D eigenvalue weighted by atomic mass is 32.2. The van der Waals surface area contributed by atoms with E-state index in [0.717, 1.165) is 24.6 Å². The van der Waals surface area contributed by atoms with Crippen molar-refractivity contribution in [3.8, 4) is 0 Å². The number of hydrogen-bond acceptors (Lipinski definition) is 6. The Morgan fingerprint density at radius 1 is 1.56 bits per heavy atom. The highest BCUT2D eigenvalue weighted by Crippen LogP contribution is 2.38. The van der Waals surface area contributed by atoms with E-state index in [0.29, 0.717) is 5.82 Å². The molecule has 1 aliphatic rings. The second kappa shape index (κ2) is 4.43. The molecule has 6 heteroatoms. The van der Waals surface area contributed by atoms with E-state index in [1.807, 2.05) is 6.26 Å². The fourth-order valence-electron chi connectivity index (χ4n) is 1.87. The van der Waals surface area contributed by atoms with Gasteiger partial charge < -0.3 is 15.4 Å². The van der Waals surface area contributed by atoms with Gasteiger partial charge in [-0.05, 0) is 31.6 Å². The molecule has 16 heavy (non-hydrogen) atoms.